The first kappa shape index (κ1) is 19.5. The number of anilines is 1. The second-order valence-electron chi connectivity index (χ2n) is 7.12. The van der Waals surface area contributed by atoms with Crippen LogP contribution in [0.3, 0.4) is 0 Å². The van der Waals surface area contributed by atoms with Gasteiger partial charge in [0, 0.05) is 5.38 Å². The first-order valence-corrected chi connectivity index (χ1v) is 10.2. The van der Waals surface area contributed by atoms with Gasteiger partial charge in [0.05, 0.1) is 18.2 Å². The summed E-state index contributed by atoms with van der Waals surface area (Å²) < 4.78 is 0. The highest BCUT2D eigenvalue weighted by atomic mass is 32.1. The minimum absolute atomic E-state index is 0.0588. The van der Waals surface area contributed by atoms with Crippen LogP contribution in [0, 0.1) is 5.92 Å². The maximum absolute atomic E-state index is 12.5. The molecule has 7 heteroatoms. The van der Waals surface area contributed by atoms with Gasteiger partial charge in [-0.1, -0.05) is 30.3 Å². The number of aromatic nitrogens is 1. The van der Waals surface area contributed by atoms with E-state index in [1.807, 2.05) is 13.0 Å². The molecule has 1 atom stereocenters. The average molecular weight is 387 g/mol. The van der Waals surface area contributed by atoms with Gasteiger partial charge in [-0.2, -0.15) is 0 Å². The SMILES string of the molecule is CC(C(=O)Nc1nc(CC(N)=O)cs1)N1CCC(Cc2ccccc2)CC1. The second-order valence-corrected chi connectivity index (χ2v) is 7.98. The molecule has 2 aromatic rings. The van der Waals surface area contributed by atoms with Crippen molar-refractivity contribution in [1.82, 2.24) is 9.88 Å². The molecule has 1 aliphatic heterocycles. The predicted molar refractivity (Wildman–Crippen MR) is 108 cm³/mol. The molecule has 1 fully saturated rings. The molecule has 2 amide bonds. The zero-order valence-corrected chi connectivity index (χ0v) is 16.4. The number of hydrogen-bond donors (Lipinski definition) is 2. The number of primary amides is 1. The molecule has 2 heterocycles. The van der Waals surface area contributed by atoms with Crippen LogP contribution in [-0.4, -0.2) is 40.8 Å². The third-order valence-electron chi connectivity index (χ3n) is 5.08. The Labute approximate surface area is 163 Å². The Balaban J connectivity index is 1.47. The van der Waals surface area contributed by atoms with E-state index in [-0.39, 0.29) is 18.4 Å². The fourth-order valence-electron chi connectivity index (χ4n) is 3.49. The zero-order chi connectivity index (χ0) is 19.2. The molecule has 1 aliphatic rings. The van der Waals surface area contributed by atoms with E-state index in [1.165, 1.54) is 16.9 Å². The third kappa shape index (κ3) is 5.61. The minimum Gasteiger partial charge on any atom is -0.369 e. The Kier molecular flexibility index (Phi) is 6.58. The van der Waals surface area contributed by atoms with Crippen molar-refractivity contribution >= 4 is 28.3 Å². The van der Waals surface area contributed by atoms with E-state index < -0.39 is 5.91 Å². The summed E-state index contributed by atoms with van der Waals surface area (Å²) in [7, 11) is 0. The van der Waals surface area contributed by atoms with E-state index in [9.17, 15) is 9.59 Å². The predicted octanol–water partition coefficient (Wildman–Crippen LogP) is 2.45. The topological polar surface area (TPSA) is 88.3 Å². The molecule has 6 nitrogen and oxygen atoms in total. The number of rotatable bonds is 7. The summed E-state index contributed by atoms with van der Waals surface area (Å²) in [4.78, 5) is 30.0. The van der Waals surface area contributed by atoms with Gasteiger partial charge in [0.2, 0.25) is 11.8 Å². The van der Waals surface area contributed by atoms with Crippen molar-refractivity contribution in [1.29, 1.82) is 0 Å². The van der Waals surface area contributed by atoms with Crippen LogP contribution < -0.4 is 11.1 Å². The summed E-state index contributed by atoms with van der Waals surface area (Å²) in [6.45, 7) is 3.79. The van der Waals surface area contributed by atoms with Crippen LogP contribution in [0.4, 0.5) is 5.13 Å². The lowest BCUT2D eigenvalue weighted by Crippen LogP contribution is -2.46. The number of hydrogen-bond acceptors (Lipinski definition) is 5. The molecule has 3 N–H and O–H groups in total. The molecular weight excluding hydrogens is 360 g/mol. The highest BCUT2D eigenvalue weighted by Crippen LogP contribution is 2.23. The van der Waals surface area contributed by atoms with Crippen molar-refractivity contribution in [2.75, 3.05) is 18.4 Å². The van der Waals surface area contributed by atoms with Gasteiger partial charge in [0.25, 0.3) is 0 Å². The molecular formula is C20H26N4O2S. The number of thiazole rings is 1. The number of nitrogens with two attached hydrogens (primary N) is 1. The first-order chi connectivity index (χ1) is 13.0. The van der Waals surface area contributed by atoms with Crippen LogP contribution in [0.2, 0.25) is 0 Å². The standard InChI is InChI=1S/C20H26N4O2S/c1-14(19(26)23-20-22-17(13-27-20)12-18(21)25)24-9-7-16(8-10-24)11-15-5-3-2-4-6-15/h2-6,13-14,16H,7-12H2,1H3,(H2,21,25)(H,22,23,26). The van der Waals surface area contributed by atoms with Crippen molar-refractivity contribution in [2.24, 2.45) is 11.7 Å². The Morgan fingerprint density at radius 2 is 2.00 bits per heavy atom. The highest BCUT2D eigenvalue weighted by Gasteiger charge is 2.27. The van der Waals surface area contributed by atoms with Crippen LogP contribution in [0.25, 0.3) is 0 Å². The molecule has 1 unspecified atom stereocenters. The van der Waals surface area contributed by atoms with Gasteiger partial charge in [0.1, 0.15) is 0 Å². The van der Waals surface area contributed by atoms with Crippen molar-refractivity contribution < 1.29 is 9.59 Å². The van der Waals surface area contributed by atoms with E-state index in [2.05, 4.69) is 39.5 Å². The number of carbonyl (C=O) groups excluding carboxylic acids is 2. The molecule has 0 spiro atoms. The quantitative estimate of drug-likeness (QED) is 0.765. The minimum atomic E-state index is -0.426. The van der Waals surface area contributed by atoms with E-state index in [0.29, 0.717) is 16.7 Å². The molecule has 0 radical (unpaired) electrons. The van der Waals surface area contributed by atoms with E-state index in [0.717, 1.165) is 32.4 Å². The first-order valence-electron chi connectivity index (χ1n) is 9.33. The number of piperidine rings is 1. The fourth-order valence-corrected chi connectivity index (χ4v) is 4.20. The largest absolute Gasteiger partial charge is 0.369 e. The zero-order valence-electron chi connectivity index (χ0n) is 15.6. The lowest BCUT2D eigenvalue weighted by Gasteiger charge is -2.35. The smallest absolute Gasteiger partial charge is 0.243 e. The molecule has 1 aromatic carbocycles. The molecule has 0 aliphatic carbocycles. The molecule has 27 heavy (non-hydrogen) atoms. The normalized spacial score (nSPS) is 16.8. The number of nitrogens with zero attached hydrogens (tertiary/aromatic N) is 2. The van der Waals surface area contributed by atoms with Crippen molar-refractivity contribution in [3.63, 3.8) is 0 Å². The molecule has 144 valence electrons. The maximum atomic E-state index is 12.5. The maximum Gasteiger partial charge on any atom is 0.243 e. The van der Waals surface area contributed by atoms with Crippen molar-refractivity contribution in [3.8, 4) is 0 Å². The summed E-state index contributed by atoms with van der Waals surface area (Å²) in [6.07, 6.45) is 3.41. The van der Waals surface area contributed by atoms with Gasteiger partial charge in [-0.3, -0.25) is 14.5 Å². The fraction of sp³-hybridized carbons (Fsp3) is 0.450. The van der Waals surface area contributed by atoms with Crippen LogP contribution in [0.5, 0.6) is 0 Å². The summed E-state index contributed by atoms with van der Waals surface area (Å²) >= 11 is 1.32. The van der Waals surface area contributed by atoms with Crippen LogP contribution >= 0.6 is 11.3 Å². The number of amides is 2. The molecule has 0 saturated carbocycles. The lowest BCUT2D eigenvalue weighted by molar-refractivity contribution is -0.121. The van der Waals surface area contributed by atoms with Crippen LogP contribution in [0.1, 0.15) is 31.0 Å². The number of carbonyl (C=O) groups is 2. The molecule has 0 bridgehead atoms. The van der Waals surface area contributed by atoms with Gasteiger partial charge in [-0.05, 0) is 50.8 Å². The Bertz CT molecular complexity index is 769. The Morgan fingerprint density at radius 3 is 2.67 bits per heavy atom. The van der Waals surface area contributed by atoms with Gasteiger partial charge in [-0.15, -0.1) is 11.3 Å². The summed E-state index contributed by atoms with van der Waals surface area (Å²) in [5.74, 6) is 0.190. The number of nitrogens with one attached hydrogen (secondary N) is 1. The third-order valence-corrected chi connectivity index (χ3v) is 5.89. The van der Waals surface area contributed by atoms with Gasteiger partial charge >= 0.3 is 0 Å². The van der Waals surface area contributed by atoms with Gasteiger partial charge in [0.15, 0.2) is 5.13 Å². The summed E-state index contributed by atoms with van der Waals surface area (Å²) in [5, 5.41) is 5.12. The van der Waals surface area contributed by atoms with E-state index >= 15 is 0 Å². The highest BCUT2D eigenvalue weighted by molar-refractivity contribution is 7.13. The summed E-state index contributed by atoms with van der Waals surface area (Å²) in [6, 6.07) is 10.4. The van der Waals surface area contributed by atoms with Gasteiger partial charge in [-0.25, -0.2) is 4.98 Å². The summed E-state index contributed by atoms with van der Waals surface area (Å²) in [5.41, 5.74) is 7.15. The lowest BCUT2D eigenvalue weighted by atomic mass is 9.89. The molecule has 3 rings (SSSR count). The number of likely N-dealkylation sites (tertiary alicyclic amines) is 1. The Morgan fingerprint density at radius 1 is 1.30 bits per heavy atom. The number of benzene rings is 1. The monoisotopic (exact) mass is 386 g/mol. The van der Waals surface area contributed by atoms with Crippen LogP contribution in [0.15, 0.2) is 35.7 Å². The van der Waals surface area contributed by atoms with E-state index in [4.69, 9.17) is 5.73 Å². The van der Waals surface area contributed by atoms with E-state index in [1.54, 1.807) is 5.38 Å². The average Bonchev–Trinajstić information content (AvgIpc) is 3.08. The second kappa shape index (κ2) is 9.10. The van der Waals surface area contributed by atoms with Gasteiger partial charge < -0.3 is 11.1 Å². The van der Waals surface area contributed by atoms with Crippen molar-refractivity contribution in [2.45, 2.75) is 38.6 Å². The Hall–Kier alpha value is -2.25. The van der Waals surface area contributed by atoms with Crippen LogP contribution in [-0.2, 0) is 22.4 Å². The van der Waals surface area contributed by atoms with Crippen molar-refractivity contribution in [3.05, 3.63) is 47.0 Å². The molecule has 1 aromatic heterocycles. The molecule has 1 saturated heterocycles.